The Morgan fingerprint density at radius 3 is 1.22 bits per heavy atom. The van der Waals surface area contributed by atoms with Gasteiger partial charge in [-0.15, -0.1) is 0 Å². The minimum atomic E-state index is -0.677. The van der Waals surface area contributed by atoms with Crippen molar-refractivity contribution in [2.24, 2.45) is 0 Å². The topological polar surface area (TPSA) is 186 Å². The van der Waals surface area contributed by atoms with E-state index < -0.39 is 29.9 Å². The molecule has 0 amide bonds. The smallest absolute Gasteiger partial charge is 0.336 e. The maximum atomic E-state index is 12.5. The fourth-order valence-electron chi connectivity index (χ4n) is 4.59. The zero-order chi connectivity index (χ0) is 39.7. The third-order valence-electron chi connectivity index (χ3n) is 7.33. The molecule has 0 bridgehead atoms. The number of carbonyl (C=O) groups is 4. The summed E-state index contributed by atoms with van der Waals surface area (Å²) in [5, 5.41) is 37.9. The molecular weight excluding hydrogens is 708 g/mol. The molecule has 0 aromatic heterocycles. The molecule has 0 heterocycles. The highest BCUT2D eigenvalue weighted by atomic mass is 16.6. The van der Waals surface area contributed by atoms with Crippen molar-refractivity contribution < 1.29 is 58.6 Å². The molecule has 280 valence electrons. The van der Waals surface area contributed by atoms with Gasteiger partial charge < -0.3 is 39.4 Å². The number of phenolic OH excluding ortho intramolecular Hbond substituents is 4. The molecule has 0 atom stereocenters. The Balaban J connectivity index is 1.26. The van der Waals surface area contributed by atoms with Gasteiger partial charge in [0.1, 0.15) is 0 Å². The molecule has 0 aliphatic carbocycles. The summed E-state index contributed by atoms with van der Waals surface area (Å²) in [5.41, 5.74) is 2.33. The summed E-state index contributed by atoms with van der Waals surface area (Å²) in [6.45, 7) is 0. The van der Waals surface area contributed by atoms with Gasteiger partial charge in [0.2, 0.25) is 0 Å². The first-order valence-corrected chi connectivity index (χ1v) is 16.4. The van der Waals surface area contributed by atoms with E-state index >= 15 is 0 Å². The molecule has 12 heteroatoms. The highest BCUT2D eigenvalue weighted by Crippen LogP contribution is 2.31. The summed E-state index contributed by atoms with van der Waals surface area (Å²) in [5.74, 6) is -2.50. The Morgan fingerprint density at radius 1 is 0.455 bits per heavy atom. The van der Waals surface area contributed by atoms with Crippen molar-refractivity contribution in [3.63, 3.8) is 0 Å². The molecule has 0 saturated carbocycles. The molecule has 4 aromatic rings. The van der Waals surface area contributed by atoms with Gasteiger partial charge in [0.15, 0.2) is 57.6 Å². The van der Waals surface area contributed by atoms with E-state index in [9.17, 15) is 39.6 Å². The number of benzene rings is 4. The first-order chi connectivity index (χ1) is 26.4. The summed E-state index contributed by atoms with van der Waals surface area (Å²) < 4.78 is 21.3. The largest absolute Gasteiger partial charge is 0.504 e. The van der Waals surface area contributed by atoms with E-state index in [1.165, 1.54) is 99.2 Å². The van der Waals surface area contributed by atoms with Crippen LogP contribution in [0.15, 0.2) is 121 Å². The SMILES string of the molecule is COc1cc(/C=C/C(=O)CC(=O)/C=C/c2ccc(OC(=O)/C=C/C=C/c3ccc(O)c(O)c3)c(OC)c2)ccc1OC(=O)/C=C/C=C/c1ccc(O)c(O)c1. The molecule has 0 unspecified atom stereocenters. The van der Waals surface area contributed by atoms with Crippen LogP contribution in [0.25, 0.3) is 24.3 Å². The van der Waals surface area contributed by atoms with Crippen LogP contribution in [0.5, 0.6) is 46.0 Å². The van der Waals surface area contributed by atoms with Crippen LogP contribution >= 0.6 is 0 Å². The first kappa shape index (κ1) is 40.2. The number of ether oxygens (including phenoxy) is 4. The average molecular weight is 745 g/mol. The van der Waals surface area contributed by atoms with Crippen molar-refractivity contribution in [1.29, 1.82) is 0 Å². The third-order valence-corrected chi connectivity index (χ3v) is 7.33. The van der Waals surface area contributed by atoms with Gasteiger partial charge in [0.05, 0.1) is 20.6 Å². The standard InChI is InChI=1S/C43H36O12/c1-52-40-25-30(15-21-38(40)54-42(50)9-5-3-7-28-13-19-34(46)36(48)23-28)11-17-32(44)27-33(45)18-12-31-16-22-39(41(26-31)53-2)55-43(51)10-6-4-8-29-14-20-35(47)37(49)24-29/h3-26,46-49H,27H2,1-2H3/b7-3+,8-4+,9-5+,10-6+,17-11+,18-12+. The number of esters is 2. The lowest BCUT2D eigenvalue weighted by molar-refractivity contribution is -0.130. The van der Waals surface area contributed by atoms with E-state index in [2.05, 4.69) is 0 Å². The lowest BCUT2D eigenvalue weighted by Crippen LogP contribution is -2.05. The number of aromatic hydroxyl groups is 4. The van der Waals surface area contributed by atoms with Crippen molar-refractivity contribution in [1.82, 2.24) is 0 Å². The second kappa shape index (κ2) is 19.9. The van der Waals surface area contributed by atoms with Crippen LogP contribution in [-0.4, -0.2) is 58.2 Å². The van der Waals surface area contributed by atoms with Gasteiger partial charge in [-0.25, -0.2) is 9.59 Å². The van der Waals surface area contributed by atoms with Crippen molar-refractivity contribution in [3.8, 4) is 46.0 Å². The zero-order valence-corrected chi connectivity index (χ0v) is 29.6. The van der Waals surface area contributed by atoms with Crippen LogP contribution < -0.4 is 18.9 Å². The Morgan fingerprint density at radius 2 is 0.836 bits per heavy atom. The van der Waals surface area contributed by atoms with Gasteiger partial charge in [0, 0.05) is 12.2 Å². The van der Waals surface area contributed by atoms with Gasteiger partial charge in [-0.3, -0.25) is 9.59 Å². The van der Waals surface area contributed by atoms with Crippen molar-refractivity contribution >= 4 is 47.8 Å². The molecule has 12 nitrogen and oxygen atoms in total. The zero-order valence-electron chi connectivity index (χ0n) is 29.6. The summed E-state index contributed by atoms with van der Waals surface area (Å²) in [7, 11) is 2.79. The van der Waals surface area contributed by atoms with Crippen LogP contribution in [0.1, 0.15) is 28.7 Å². The first-order valence-electron chi connectivity index (χ1n) is 16.4. The molecule has 0 fully saturated rings. The van der Waals surface area contributed by atoms with Gasteiger partial charge in [-0.05, 0) is 82.9 Å². The molecule has 0 radical (unpaired) electrons. The number of ketones is 2. The van der Waals surface area contributed by atoms with Gasteiger partial charge >= 0.3 is 11.9 Å². The predicted octanol–water partition coefficient (Wildman–Crippen LogP) is 7.13. The van der Waals surface area contributed by atoms with Crippen LogP contribution in [0.3, 0.4) is 0 Å². The quantitative estimate of drug-likeness (QED) is 0.0227. The van der Waals surface area contributed by atoms with Crippen molar-refractivity contribution in [3.05, 3.63) is 144 Å². The van der Waals surface area contributed by atoms with Crippen LogP contribution in [0.4, 0.5) is 0 Å². The fraction of sp³-hybridized carbons (Fsp3) is 0.0698. The van der Waals surface area contributed by atoms with Gasteiger partial charge in [-0.1, -0.05) is 72.9 Å². The van der Waals surface area contributed by atoms with Crippen LogP contribution in [0, 0.1) is 0 Å². The Bertz CT molecular complexity index is 2080. The van der Waals surface area contributed by atoms with E-state index in [4.69, 9.17) is 18.9 Å². The molecular formula is C43H36O12. The van der Waals surface area contributed by atoms with Crippen LogP contribution in [-0.2, 0) is 19.2 Å². The second-order valence-electron chi connectivity index (χ2n) is 11.4. The third kappa shape index (κ3) is 12.8. The molecule has 0 spiro atoms. The van der Waals surface area contributed by atoms with Crippen molar-refractivity contribution in [2.45, 2.75) is 6.42 Å². The number of methoxy groups -OCH3 is 2. The number of carbonyl (C=O) groups excluding carboxylic acids is 4. The summed E-state index contributed by atoms with van der Waals surface area (Å²) in [6.07, 6.45) is 16.7. The average Bonchev–Trinajstić information content (AvgIpc) is 3.17. The molecule has 0 aliphatic heterocycles. The number of hydrogen-bond donors (Lipinski definition) is 4. The van der Waals surface area contributed by atoms with Gasteiger partial charge in [-0.2, -0.15) is 0 Å². The van der Waals surface area contributed by atoms with Crippen LogP contribution in [0.2, 0.25) is 0 Å². The Hall–Kier alpha value is -7.60. The molecule has 4 aromatic carbocycles. The number of allylic oxidation sites excluding steroid dienone is 6. The highest BCUT2D eigenvalue weighted by Gasteiger charge is 2.11. The monoisotopic (exact) mass is 744 g/mol. The fourth-order valence-corrected chi connectivity index (χ4v) is 4.59. The Kier molecular flexibility index (Phi) is 14.5. The van der Waals surface area contributed by atoms with Crippen molar-refractivity contribution in [2.75, 3.05) is 14.2 Å². The molecule has 0 aliphatic rings. The maximum Gasteiger partial charge on any atom is 0.336 e. The number of rotatable bonds is 16. The minimum Gasteiger partial charge on any atom is -0.504 e. The highest BCUT2D eigenvalue weighted by molar-refractivity contribution is 6.11. The lowest BCUT2D eigenvalue weighted by Gasteiger charge is -2.08. The van der Waals surface area contributed by atoms with E-state index in [1.54, 1.807) is 60.7 Å². The van der Waals surface area contributed by atoms with E-state index in [0.29, 0.717) is 22.3 Å². The predicted molar refractivity (Wildman–Crippen MR) is 206 cm³/mol. The van der Waals surface area contributed by atoms with E-state index in [1.807, 2.05) is 0 Å². The normalized spacial score (nSPS) is 11.7. The molecule has 4 N–H and O–H groups in total. The summed E-state index contributed by atoms with van der Waals surface area (Å²) >= 11 is 0. The maximum absolute atomic E-state index is 12.5. The summed E-state index contributed by atoms with van der Waals surface area (Å²) in [4.78, 5) is 49.6. The Labute approximate surface area is 316 Å². The molecule has 0 saturated heterocycles. The lowest BCUT2D eigenvalue weighted by atomic mass is 10.1. The minimum absolute atomic E-state index is 0.145. The number of phenols is 4. The second-order valence-corrected chi connectivity index (χ2v) is 11.4. The van der Waals surface area contributed by atoms with E-state index in [0.717, 1.165) is 0 Å². The van der Waals surface area contributed by atoms with Gasteiger partial charge in [0.25, 0.3) is 0 Å². The van der Waals surface area contributed by atoms with E-state index in [-0.39, 0.29) is 46.0 Å². The molecule has 55 heavy (non-hydrogen) atoms. The summed E-state index contributed by atoms with van der Waals surface area (Å²) in [6, 6.07) is 17.9. The number of hydrogen-bond acceptors (Lipinski definition) is 12. The molecule has 4 rings (SSSR count).